The zero-order valence-corrected chi connectivity index (χ0v) is 12.6. The van der Waals surface area contributed by atoms with E-state index in [2.05, 4.69) is 24.5 Å². The fourth-order valence-corrected chi connectivity index (χ4v) is 2.86. The Labute approximate surface area is 117 Å². The first-order valence-electron chi connectivity index (χ1n) is 7.76. The van der Waals surface area contributed by atoms with E-state index in [1.54, 1.807) is 0 Å². The van der Waals surface area contributed by atoms with E-state index in [0.29, 0.717) is 11.8 Å². The molecule has 0 aromatic carbocycles. The van der Waals surface area contributed by atoms with Gasteiger partial charge in [0.2, 0.25) is 5.91 Å². The van der Waals surface area contributed by atoms with Crippen LogP contribution in [0.25, 0.3) is 0 Å². The molecule has 1 fully saturated rings. The lowest BCUT2D eigenvalue weighted by Gasteiger charge is -2.22. The standard InChI is InChI=1S/C15H30N2O2/c1-4-14(5-2)17-15(19)11(3)16-9-12-7-6-8-13(12)10-18/h11-14,16,18H,4-10H2,1-3H3,(H,17,19). The molecule has 0 radical (unpaired) electrons. The molecule has 1 aliphatic rings. The third-order valence-electron chi connectivity index (χ3n) is 4.46. The van der Waals surface area contributed by atoms with Gasteiger partial charge < -0.3 is 15.7 Å². The third kappa shape index (κ3) is 5.11. The van der Waals surface area contributed by atoms with Crippen LogP contribution in [0.2, 0.25) is 0 Å². The van der Waals surface area contributed by atoms with E-state index in [9.17, 15) is 9.90 Å². The Balaban J connectivity index is 2.30. The van der Waals surface area contributed by atoms with Crippen LogP contribution < -0.4 is 10.6 Å². The highest BCUT2D eigenvalue weighted by atomic mass is 16.3. The van der Waals surface area contributed by atoms with Crippen molar-refractivity contribution in [3.05, 3.63) is 0 Å². The maximum absolute atomic E-state index is 12.0. The average Bonchev–Trinajstić information content (AvgIpc) is 2.89. The van der Waals surface area contributed by atoms with Gasteiger partial charge in [0.05, 0.1) is 6.04 Å². The summed E-state index contributed by atoms with van der Waals surface area (Å²) >= 11 is 0. The first-order chi connectivity index (χ1) is 9.12. The van der Waals surface area contributed by atoms with Crippen molar-refractivity contribution in [3.63, 3.8) is 0 Å². The number of nitrogens with one attached hydrogen (secondary N) is 2. The number of aliphatic hydroxyl groups is 1. The molecule has 1 rings (SSSR count). The Morgan fingerprint density at radius 1 is 1.26 bits per heavy atom. The highest BCUT2D eigenvalue weighted by Gasteiger charge is 2.27. The highest BCUT2D eigenvalue weighted by Crippen LogP contribution is 2.30. The lowest BCUT2D eigenvalue weighted by atomic mass is 9.97. The van der Waals surface area contributed by atoms with Crippen LogP contribution in [-0.4, -0.2) is 36.2 Å². The second-order valence-electron chi connectivity index (χ2n) is 5.79. The molecule has 1 amide bonds. The molecule has 0 bridgehead atoms. The van der Waals surface area contributed by atoms with Crippen LogP contribution in [0.4, 0.5) is 0 Å². The normalized spacial score (nSPS) is 24.7. The molecule has 0 aromatic heterocycles. The molecule has 0 spiro atoms. The fourth-order valence-electron chi connectivity index (χ4n) is 2.86. The van der Waals surface area contributed by atoms with Crippen LogP contribution in [-0.2, 0) is 4.79 Å². The van der Waals surface area contributed by atoms with E-state index in [-0.39, 0.29) is 24.6 Å². The number of carbonyl (C=O) groups is 1. The van der Waals surface area contributed by atoms with Crippen LogP contribution in [0.1, 0.15) is 52.9 Å². The smallest absolute Gasteiger partial charge is 0.237 e. The van der Waals surface area contributed by atoms with Gasteiger partial charge >= 0.3 is 0 Å². The summed E-state index contributed by atoms with van der Waals surface area (Å²) in [7, 11) is 0. The van der Waals surface area contributed by atoms with Crippen LogP contribution in [0.5, 0.6) is 0 Å². The number of hydrogen-bond acceptors (Lipinski definition) is 3. The van der Waals surface area contributed by atoms with E-state index >= 15 is 0 Å². The summed E-state index contributed by atoms with van der Waals surface area (Å²) in [4.78, 5) is 12.0. The summed E-state index contributed by atoms with van der Waals surface area (Å²) in [6.07, 6.45) is 5.44. The number of hydrogen-bond donors (Lipinski definition) is 3. The Hall–Kier alpha value is -0.610. The number of amides is 1. The van der Waals surface area contributed by atoms with Gasteiger partial charge in [0, 0.05) is 12.6 Å². The van der Waals surface area contributed by atoms with E-state index < -0.39 is 0 Å². The molecule has 0 heterocycles. The van der Waals surface area contributed by atoms with Crippen molar-refractivity contribution in [1.82, 2.24) is 10.6 Å². The van der Waals surface area contributed by atoms with Gasteiger partial charge in [-0.2, -0.15) is 0 Å². The van der Waals surface area contributed by atoms with E-state index in [4.69, 9.17) is 0 Å². The van der Waals surface area contributed by atoms with Gasteiger partial charge in [0.1, 0.15) is 0 Å². The van der Waals surface area contributed by atoms with Crippen LogP contribution >= 0.6 is 0 Å². The van der Waals surface area contributed by atoms with Gasteiger partial charge in [0.25, 0.3) is 0 Å². The van der Waals surface area contributed by atoms with Crippen LogP contribution in [0, 0.1) is 11.8 Å². The van der Waals surface area contributed by atoms with Gasteiger partial charge in [-0.05, 0) is 51.0 Å². The summed E-state index contributed by atoms with van der Waals surface area (Å²) < 4.78 is 0. The minimum Gasteiger partial charge on any atom is -0.396 e. The molecule has 0 aliphatic heterocycles. The van der Waals surface area contributed by atoms with Crippen molar-refractivity contribution in [3.8, 4) is 0 Å². The maximum Gasteiger partial charge on any atom is 0.237 e. The zero-order chi connectivity index (χ0) is 14.3. The van der Waals surface area contributed by atoms with Crippen molar-refractivity contribution in [2.45, 2.75) is 65.0 Å². The predicted octanol–water partition coefficient (Wildman–Crippen LogP) is 1.68. The highest BCUT2D eigenvalue weighted by molar-refractivity contribution is 5.81. The zero-order valence-electron chi connectivity index (χ0n) is 12.6. The van der Waals surface area contributed by atoms with Crippen molar-refractivity contribution in [1.29, 1.82) is 0 Å². The third-order valence-corrected chi connectivity index (χ3v) is 4.46. The molecular formula is C15H30N2O2. The first kappa shape index (κ1) is 16.4. The minimum atomic E-state index is -0.152. The van der Waals surface area contributed by atoms with E-state index in [0.717, 1.165) is 25.8 Å². The van der Waals surface area contributed by atoms with Crippen LogP contribution in [0.15, 0.2) is 0 Å². The molecule has 1 aliphatic carbocycles. The second kappa shape index (κ2) is 8.54. The Kier molecular flexibility index (Phi) is 7.39. The quantitative estimate of drug-likeness (QED) is 0.629. The topological polar surface area (TPSA) is 61.4 Å². The second-order valence-corrected chi connectivity index (χ2v) is 5.79. The van der Waals surface area contributed by atoms with Crippen molar-refractivity contribution >= 4 is 5.91 Å². The van der Waals surface area contributed by atoms with Gasteiger partial charge in [-0.1, -0.05) is 20.3 Å². The van der Waals surface area contributed by atoms with Gasteiger partial charge in [0.15, 0.2) is 0 Å². The lowest BCUT2D eigenvalue weighted by molar-refractivity contribution is -0.123. The molecule has 3 unspecified atom stereocenters. The monoisotopic (exact) mass is 270 g/mol. The molecule has 112 valence electrons. The molecular weight excluding hydrogens is 240 g/mol. The molecule has 4 nitrogen and oxygen atoms in total. The molecule has 0 saturated heterocycles. The lowest BCUT2D eigenvalue weighted by Crippen LogP contribution is -2.47. The van der Waals surface area contributed by atoms with Crippen molar-refractivity contribution in [2.24, 2.45) is 11.8 Å². The Morgan fingerprint density at radius 3 is 2.47 bits per heavy atom. The molecule has 19 heavy (non-hydrogen) atoms. The SMILES string of the molecule is CCC(CC)NC(=O)C(C)NCC1CCCC1CO. The average molecular weight is 270 g/mol. The number of rotatable bonds is 8. The number of carbonyl (C=O) groups excluding carboxylic acids is 1. The molecule has 3 N–H and O–H groups in total. The largest absolute Gasteiger partial charge is 0.396 e. The van der Waals surface area contributed by atoms with Crippen molar-refractivity contribution < 1.29 is 9.90 Å². The fraction of sp³-hybridized carbons (Fsp3) is 0.933. The Morgan fingerprint density at radius 2 is 1.89 bits per heavy atom. The first-order valence-corrected chi connectivity index (χ1v) is 7.76. The summed E-state index contributed by atoms with van der Waals surface area (Å²) in [6, 6.07) is 0.133. The molecule has 1 saturated carbocycles. The predicted molar refractivity (Wildman–Crippen MR) is 77.9 cm³/mol. The van der Waals surface area contributed by atoms with Gasteiger partial charge in [-0.3, -0.25) is 4.79 Å². The Bertz CT molecular complexity index is 267. The molecule has 4 heteroatoms. The minimum absolute atomic E-state index is 0.0900. The van der Waals surface area contributed by atoms with E-state index in [1.165, 1.54) is 12.8 Å². The van der Waals surface area contributed by atoms with Gasteiger partial charge in [-0.25, -0.2) is 0 Å². The summed E-state index contributed by atoms with van der Waals surface area (Å²) in [5.74, 6) is 1.03. The summed E-state index contributed by atoms with van der Waals surface area (Å²) in [5.41, 5.74) is 0. The molecule has 3 atom stereocenters. The molecule has 0 aromatic rings. The summed E-state index contributed by atoms with van der Waals surface area (Å²) in [6.45, 7) is 7.22. The van der Waals surface area contributed by atoms with Gasteiger partial charge in [-0.15, -0.1) is 0 Å². The van der Waals surface area contributed by atoms with Crippen molar-refractivity contribution in [2.75, 3.05) is 13.2 Å². The van der Waals surface area contributed by atoms with E-state index in [1.807, 2.05) is 6.92 Å². The maximum atomic E-state index is 12.0. The summed E-state index contributed by atoms with van der Waals surface area (Å²) in [5, 5.41) is 15.7. The number of aliphatic hydroxyl groups excluding tert-OH is 1. The van der Waals surface area contributed by atoms with Crippen LogP contribution in [0.3, 0.4) is 0 Å².